The number of amides is 2. The Hall–Kier alpha value is -2.85. The van der Waals surface area contributed by atoms with Crippen molar-refractivity contribution in [3.05, 3.63) is 46.9 Å². The van der Waals surface area contributed by atoms with Crippen molar-refractivity contribution in [1.82, 2.24) is 30.8 Å². The number of hydrogen-bond donors (Lipinski definition) is 4. The molecular formula is C23H29ClFN7O2. The van der Waals surface area contributed by atoms with Crippen LogP contribution in [0, 0.1) is 5.82 Å². The van der Waals surface area contributed by atoms with Gasteiger partial charge in [0.2, 0.25) is 0 Å². The molecule has 0 unspecified atom stereocenters. The van der Waals surface area contributed by atoms with Gasteiger partial charge >= 0.3 is 6.03 Å². The van der Waals surface area contributed by atoms with E-state index in [0.717, 1.165) is 30.4 Å². The molecule has 3 atom stereocenters. The Morgan fingerprint density at radius 2 is 2.12 bits per heavy atom. The maximum atomic E-state index is 14.7. The molecular weight excluding hydrogens is 461 g/mol. The molecule has 1 aliphatic carbocycles. The SMILES string of the molecule is C[C@@]1(NC(=O)N2CCOCC2)CCC[C@@H](Nc2nc(C3=CN[C@@H]4NC=C(Cl)C=C34)ncc2F)C1. The van der Waals surface area contributed by atoms with Crippen molar-refractivity contribution in [1.29, 1.82) is 0 Å². The maximum Gasteiger partial charge on any atom is 0.317 e. The third-order valence-corrected chi connectivity index (χ3v) is 6.93. The van der Waals surface area contributed by atoms with E-state index in [2.05, 4.69) is 38.2 Å². The molecule has 1 saturated carbocycles. The third kappa shape index (κ3) is 4.83. The summed E-state index contributed by atoms with van der Waals surface area (Å²) in [7, 11) is 0. The number of hydrogen-bond acceptors (Lipinski definition) is 7. The topological polar surface area (TPSA) is 103 Å². The number of urea groups is 1. The molecule has 0 bridgehead atoms. The van der Waals surface area contributed by atoms with Gasteiger partial charge in [0, 0.05) is 48.2 Å². The highest BCUT2D eigenvalue weighted by atomic mass is 35.5. The number of anilines is 1. The fraction of sp³-hybridized carbons (Fsp3) is 0.522. The first-order valence-corrected chi connectivity index (χ1v) is 12.0. The van der Waals surface area contributed by atoms with Crippen molar-refractivity contribution in [2.75, 3.05) is 31.6 Å². The molecule has 4 N–H and O–H groups in total. The van der Waals surface area contributed by atoms with Crippen molar-refractivity contribution in [2.24, 2.45) is 0 Å². The van der Waals surface area contributed by atoms with E-state index < -0.39 is 5.82 Å². The molecule has 2 fully saturated rings. The number of halogens is 2. The lowest BCUT2D eigenvalue weighted by atomic mass is 9.80. The summed E-state index contributed by atoms with van der Waals surface area (Å²) in [5.74, 6) is 0.0665. The lowest BCUT2D eigenvalue weighted by molar-refractivity contribution is 0.0501. The van der Waals surface area contributed by atoms with Gasteiger partial charge in [0.15, 0.2) is 17.5 Å². The number of aromatic nitrogens is 2. The number of carbonyl (C=O) groups is 1. The molecule has 0 spiro atoms. The molecule has 1 aromatic rings. The molecule has 9 nitrogen and oxygen atoms in total. The van der Waals surface area contributed by atoms with Crippen LogP contribution in [0.4, 0.5) is 15.0 Å². The zero-order valence-corrected chi connectivity index (χ0v) is 19.8. The van der Waals surface area contributed by atoms with Gasteiger partial charge in [-0.1, -0.05) is 11.6 Å². The first-order valence-electron chi connectivity index (χ1n) is 11.6. The lowest BCUT2D eigenvalue weighted by Crippen LogP contribution is -2.56. The summed E-state index contributed by atoms with van der Waals surface area (Å²) in [6.45, 7) is 4.36. The van der Waals surface area contributed by atoms with E-state index in [1.807, 2.05) is 12.3 Å². The van der Waals surface area contributed by atoms with Gasteiger partial charge in [0.25, 0.3) is 0 Å². The molecule has 4 heterocycles. The zero-order chi connectivity index (χ0) is 23.7. The molecule has 2 amide bonds. The fourth-order valence-corrected chi connectivity index (χ4v) is 5.14. The summed E-state index contributed by atoms with van der Waals surface area (Å²) in [5, 5.41) is 13.4. The molecule has 1 saturated heterocycles. The van der Waals surface area contributed by atoms with Crippen LogP contribution in [0.2, 0.25) is 0 Å². The van der Waals surface area contributed by atoms with Crippen LogP contribution in [-0.4, -0.2) is 64.9 Å². The summed E-state index contributed by atoms with van der Waals surface area (Å²) >= 11 is 6.15. The number of fused-ring (bicyclic) bond motifs is 1. The summed E-state index contributed by atoms with van der Waals surface area (Å²) in [5.41, 5.74) is 1.28. The lowest BCUT2D eigenvalue weighted by Gasteiger charge is -2.41. The number of morpholine rings is 1. The van der Waals surface area contributed by atoms with Crippen LogP contribution in [0.25, 0.3) is 5.57 Å². The number of allylic oxidation sites excluding steroid dienone is 2. The minimum Gasteiger partial charge on any atom is -0.378 e. The first-order chi connectivity index (χ1) is 16.4. The van der Waals surface area contributed by atoms with Crippen LogP contribution < -0.4 is 21.3 Å². The predicted molar refractivity (Wildman–Crippen MR) is 127 cm³/mol. The number of nitrogens with one attached hydrogen (secondary N) is 4. The Morgan fingerprint density at radius 3 is 2.94 bits per heavy atom. The Morgan fingerprint density at radius 1 is 1.32 bits per heavy atom. The fourth-order valence-electron chi connectivity index (χ4n) is 4.96. The molecule has 5 rings (SSSR count). The predicted octanol–water partition coefficient (Wildman–Crippen LogP) is 2.65. The molecule has 34 heavy (non-hydrogen) atoms. The Labute approximate surface area is 202 Å². The van der Waals surface area contributed by atoms with Gasteiger partial charge in [-0.05, 0) is 38.7 Å². The van der Waals surface area contributed by atoms with Crippen LogP contribution in [0.3, 0.4) is 0 Å². The normalized spacial score (nSPS) is 28.6. The van der Waals surface area contributed by atoms with Gasteiger partial charge in [-0.3, -0.25) is 0 Å². The molecule has 4 aliphatic rings. The van der Waals surface area contributed by atoms with E-state index in [9.17, 15) is 9.18 Å². The molecule has 1 aromatic heterocycles. The average molecular weight is 490 g/mol. The summed E-state index contributed by atoms with van der Waals surface area (Å²) < 4.78 is 20.0. The molecule has 0 aromatic carbocycles. The van der Waals surface area contributed by atoms with Crippen LogP contribution in [0.1, 0.15) is 38.4 Å². The summed E-state index contributed by atoms with van der Waals surface area (Å²) in [6.07, 6.45) is 9.77. The second kappa shape index (κ2) is 9.42. The van der Waals surface area contributed by atoms with E-state index in [1.165, 1.54) is 6.20 Å². The first kappa shape index (κ1) is 22.9. The van der Waals surface area contributed by atoms with E-state index in [0.29, 0.717) is 43.6 Å². The van der Waals surface area contributed by atoms with Crippen LogP contribution >= 0.6 is 11.6 Å². The number of ether oxygens (including phenoxy) is 1. The van der Waals surface area contributed by atoms with Crippen molar-refractivity contribution in [3.63, 3.8) is 0 Å². The number of dihydropyridines is 1. The van der Waals surface area contributed by atoms with Crippen molar-refractivity contribution >= 4 is 29.0 Å². The molecule has 11 heteroatoms. The van der Waals surface area contributed by atoms with Crippen molar-refractivity contribution in [3.8, 4) is 0 Å². The monoisotopic (exact) mass is 489 g/mol. The second-order valence-electron chi connectivity index (χ2n) is 9.37. The van der Waals surface area contributed by atoms with Crippen LogP contribution in [0.15, 0.2) is 35.3 Å². The smallest absolute Gasteiger partial charge is 0.317 e. The Balaban J connectivity index is 1.28. The van der Waals surface area contributed by atoms with Gasteiger partial charge < -0.3 is 30.9 Å². The highest BCUT2D eigenvalue weighted by Crippen LogP contribution is 2.33. The Bertz CT molecular complexity index is 1060. The minimum absolute atomic E-state index is 0.0302. The van der Waals surface area contributed by atoms with E-state index in [-0.39, 0.29) is 29.6 Å². The van der Waals surface area contributed by atoms with Gasteiger partial charge in [0.1, 0.15) is 6.17 Å². The van der Waals surface area contributed by atoms with Crippen molar-refractivity contribution < 1.29 is 13.9 Å². The second-order valence-corrected chi connectivity index (χ2v) is 9.81. The van der Waals surface area contributed by atoms with E-state index in [1.54, 1.807) is 11.1 Å². The minimum atomic E-state index is -0.509. The largest absolute Gasteiger partial charge is 0.378 e. The highest BCUT2D eigenvalue weighted by molar-refractivity contribution is 6.31. The third-order valence-electron chi connectivity index (χ3n) is 6.71. The van der Waals surface area contributed by atoms with Gasteiger partial charge in [-0.2, -0.15) is 0 Å². The maximum absolute atomic E-state index is 14.7. The van der Waals surface area contributed by atoms with Gasteiger partial charge in [-0.15, -0.1) is 0 Å². The van der Waals surface area contributed by atoms with E-state index >= 15 is 0 Å². The molecule has 0 radical (unpaired) electrons. The van der Waals surface area contributed by atoms with E-state index in [4.69, 9.17) is 16.3 Å². The number of carbonyl (C=O) groups excluding carboxylic acids is 1. The number of rotatable bonds is 4. The van der Waals surface area contributed by atoms with Crippen LogP contribution in [-0.2, 0) is 4.74 Å². The van der Waals surface area contributed by atoms with Crippen molar-refractivity contribution in [2.45, 2.75) is 50.4 Å². The summed E-state index contributed by atoms with van der Waals surface area (Å²) in [4.78, 5) is 23.2. The zero-order valence-electron chi connectivity index (χ0n) is 19.0. The number of nitrogens with zero attached hydrogens (tertiary/aromatic N) is 3. The molecule has 3 aliphatic heterocycles. The van der Waals surface area contributed by atoms with Gasteiger partial charge in [0.05, 0.1) is 24.4 Å². The standard InChI is InChI=1S/C23H29ClFN7O2/c1-23(31-22(33)32-5-7-34-8-6-32)4-2-3-15(10-23)29-21-18(25)13-28-20(30-21)17-12-27-19-16(17)9-14(24)11-26-19/h9,11-13,15,19,26-27H,2-8,10H2,1H3,(H,31,33)(H,28,29,30)/t15-,19+,23-/m1/s1. The molecule has 182 valence electrons. The van der Waals surface area contributed by atoms with Crippen LogP contribution in [0.5, 0.6) is 0 Å². The average Bonchev–Trinajstić information content (AvgIpc) is 3.24. The Kier molecular flexibility index (Phi) is 6.35. The highest BCUT2D eigenvalue weighted by Gasteiger charge is 2.35. The summed E-state index contributed by atoms with van der Waals surface area (Å²) in [6, 6.07) is -0.100. The quantitative estimate of drug-likeness (QED) is 0.515. The van der Waals surface area contributed by atoms with Gasteiger partial charge in [-0.25, -0.2) is 19.2 Å².